The molecule has 1 aliphatic heterocycles. The Hall–Kier alpha value is -2.41. The number of carbonyl (C=O) groups is 1. The highest BCUT2D eigenvalue weighted by Crippen LogP contribution is 2.29. The predicted molar refractivity (Wildman–Crippen MR) is 89.9 cm³/mol. The van der Waals surface area contributed by atoms with E-state index in [1.807, 2.05) is 17.8 Å². The van der Waals surface area contributed by atoms with Crippen molar-refractivity contribution < 1.29 is 18.7 Å². The van der Waals surface area contributed by atoms with Crippen LogP contribution in [0.3, 0.4) is 0 Å². The van der Waals surface area contributed by atoms with Gasteiger partial charge in [-0.15, -0.1) is 0 Å². The van der Waals surface area contributed by atoms with E-state index >= 15 is 0 Å². The van der Waals surface area contributed by atoms with Crippen LogP contribution in [0.15, 0.2) is 30.6 Å². The Balaban J connectivity index is 1.83. The SMILES string of the molecule is COc1ccc(C(=O)NC(c2nccn2C)C2CCOCC2)cc1F. The van der Waals surface area contributed by atoms with Gasteiger partial charge in [0.05, 0.1) is 13.2 Å². The third-order valence-corrected chi connectivity index (χ3v) is 4.57. The van der Waals surface area contributed by atoms with E-state index in [0.717, 1.165) is 18.7 Å². The van der Waals surface area contributed by atoms with Crippen molar-refractivity contribution >= 4 is 5.91 Å². The lowest BCUT2D eigenvalue weighted by Crippen LogP contribution is -2.37. The number of aryl methyl sites for hydroxylation is 1. The van der Waals surface area contributed by atoms with Crippen LogP contribution >= 0.6 is 0 Å². The molecule has 7 heteroatoms. The summed E-state index contributed by atoms with van der Waals surface area (Å²) in [5.41, 5.74) is 0.254. The molecule has 1 saturated heterocycles. The molecule has 0 aliphatic carbocycles. The van der Waals surface area contributed by atoms with E-state index in [4.69, 9.17) is 9.47 Å². The van der Waals surface area contributed by atoms with Crippen LogP contribution in [0.25, 0.3) is 0 Å². The molecule has 1 atom stereocenters. The molecule has 1 aromatic heterocycles. The molecule has 1 unspecified atom stereocenters. The van der Waals surface area contributed by atoms with Crippen molar-refractivity contribution in [3.05, 3.63) is 47.8 Å². The highest BCUT2D eigenvalue weighted by Gasteiger charge is 2.30. The molecule has 1 N–H and O–H groups in total. The minimum absolute atomic E-state index is 0.113. The Labute approximate surface area is 146 Å². The molecular formula is C18H22FN3O3. The summed E-state index contributed by atoms with van der Waals surface area (Å²) in [6.45, 7) is 1.33. The molecule has 0 saturated carbocycles. The van der Waals surface area contributed by atoms with Crippen LogP contribution in [0.5, 0.6) is 5.75 Å². The number of carbonyl (C=O) groups excluding carboxylic acids is 1. The lowest BCUT2D eigenvalue weighted by atomic mass is 9.90. The van der Waals surface area contributed by atoms with Crippen molar-refractivity contribution in [2.75, 3.05) is 20.3 Å². The van der Waals surface area contributed by atoms with Gasteiger partial charge >= 0.3 is 0 Å². The fourth-order valence-corrected chi connectivity index (χ4v) is 3.15. The van der Waals surface area contributed by atoms with Crippen LogP contribution in [0, 0.1) is 11.7 Å². The molecule has 1 fully saturated rings. The molecule has 1 aliphatic rings. The maximum Gasteiger partial charge on any atom is 0.251 e. The van der Waals surface area contributed by atoms with Gasteiger partial charge in [0.25, 0.3) is 5.91 Å². The number of hydrogen-bond acceptors (Lipinski definition) is 4. The number of halogens is 1. The highest BCUT2D eigenvalue weighted by molar-refractivity contribution is 5.94. The summed E-state index contributed by atoms with van der Waals surface area (Å²) in [5.74, 6) is 0.230. The van der Waals surface area contributed by atoms with Crippen LogP contribution in [0.1, 0.15) is 35.1 Å². The lowest BCUT2D eigenvalue weighted by Gasteiger charge is -2.30. The second kappa shape index (κ2) is 7.65. The molecular weight excluding hydrogens is 325 g/mol. The first-order chi connectivity index (χ1) is 12.1. The molecule has 25 heavy (non-hydrogen) atoms. The number of rotatable bonds is 5. The normalized spacial score (nSPS) is 16.4. The number of hydrogen-bond donors (Lipinski definition) is 1. The van der Waals surface area contributed by atoms with E-state index in [0.29, 0.717) is 13.2 Å². The van der Waals surface area contributed by atoms with Crippen LogP contribution in [-0.2, 0) is 11.8 Å². The van der Waals surface area contributed by atoms with Gasteiger partial charge in [0.1, 0.15) is 5.82 Å². The molecule has 2 aromatic rings. The monoisotopic (exact) mass is 347 g/mol. The lowest BCUT2D eigenvalue weighted by molar-refractivity contribution is 0.0499. The first-order valence-corrected chi connectivity index (χ1v) is 8.29. The quantitative estimate of drug-likeness (QED) is 0.902. The van der Waals surface area contributed by atoms with Gasteiger partial charge in [0.2, 0.25) is 0 Å². The average molecular weight is 347 g/mol. The van der Waals surface area contributed by atoms with Gasteiger partial charge in [-0.3, -0.25) is 4.79 Å². The predicted octanol–water partition coefficient (Wildman–Crippen LogP) is 2.47. The van der Waals surface area contributed by atoms with Crippen LogP contribution < -0.4 is 10.1 Å². The Kier molecular flexibility index (Phi) is 5.33. The van der Waals surface area contributed by atoms with E-state index in [2.05, 4.69) is 10.3 Å². The zero-order valence-electron chi connectivity index (χ0n) is 14.4. The van der Waals surface area contributed by atoms with E-state index in [1.165, 1.54) is 19.2 Å². The van der Waals surface area contributed by atoms with Gasteiger partial charge in [0, 0.05) is 38.2 Å². The zero-order chi connectivity index (χ0) is 17.8. The van der Waals surface area contributed by atoms with Crippen molar-refractivity contribution in [1.29, 1.82) is 0 Å². The van der Waals surface area contributed by atoms with Gasteiger partial charge in [-0.05, 0) is 37.0 Å². The number of nitrogens with one attached hydrogen (secondary N) is 1. The van der Waals surface area contributed by atoms with Gasteiger partial charge in [0.15, 0.2) is 11.6 Å². The average Bonchev–Trinajstić information content (AvgIpc) is 3.06. The maximum absolute atomic E-state index is 13.9. The Morgan fingerprint density at radius 1 is 1.44 bits per heavy atom. The van der Waals surface area contributed by atoms with Gasteiger partial charge < -0.3 is 19.4 Å². The third-order valence-electron chi connectivity index (χ3n) is 4.57. The van der Waals surface area contributed by atoms with E-state index in [-0.39, 0.29) is 29.2 Å². The molecule has 0 bridgehead atoms. The summed E-state index contributed by atoms with van der Waals surface area (Å²) in [6.07, 6.45) is 5.24. The largest absolute Gasteiger partial charge is 0.494 e. The summed E-state index contributed by atoms with van der Waals surface area (Å²) < 4.78 is 26.1. The summed E-state index contributed by atoms with van der Waals surface area (Å²) >= 11 is 0. The van der Waals surface area contributed by atoms with E-state index in [1.54, 1.807) is 12.3 Å². The number of methoxy groups -OCH3 is 1. The van der Waals surface area contributed by atoms with Crippen molar-refractivity contribution in [2.45, 2.75) is 18.9 Å². The summed E-state index contributed by atoms with van der Waals surface area (Å²) in [5, 5.41) is 3.03. The first kappa shape index (κ1) is 17.4. The minimum Gasteiger partial charge on any atom is -0.494 e. The number of ether oxygens (including phenoxy) is 2. The van der Waals surface area contributed by atoms with E-state index < -0.39 is 5.82 Å². The Morgan fingerprint density at radius 2 is 2.20 bits per heavy atom. The van der Waals surface area contributed by atoms with Crippen LogP contribution in [0.4, 0.5) is 4.39 Å². The molecule has 134 valence electrons. The Bertz CT molecular complexity index is 741. The summed E-state index contributed by atoms with van der Waals surface area (Å²) in [6, 6.07) is 3.94. The van der Waals surface area contributed by atoms with Gasteiger partial charge in [-0.25, -0.2) is 9.37 Å². The summed E-state index contributed by atoms with van der Waals surface area (Å²) in [7, 11) is 3.29. The number of amides is 1. The topological polar surface area (TPSA) is 65.4 Å². The molecule has 1 aromatic carbocycles. The number of nitrogens with zero attached hydrogens (tertiary/aromatic N) is 2. The maximum atomic E-state index is 13.9. The molecule has 0 radical (unpaired) electrons. The molecule has 6 nitrogen and oxygen atoms in total. The standard InChI is InChI=1S/C18H22FN3O3/c1-22-8-7-20-17(22)16(12-5-9-25-10-6-12)21-18(23)13-3-4-15(24-2)14(19)11-13/h3-4,7-8,11-12,16H,5-6,9-10H2,1-2H3,(H,21,23). The molecule has 0 spiro atoms. The van der Waals surface area contributed by atoms with Crippen molar-refractivity contribution in [3.8, 4) is 5.75 Å². The number of aromatic nitrogens is 2. The van der Waals surface area contributed by atoms with Crippen LogP contribution in [0.2, 0.25) is 0 Å². The molecule has 2 heterocycles. The van der Waals surface area contributed by atoms with Crippen molar-refractivity contribution in [3.63, 3.8) is 0 Å². The smallest absolute Gasteiger partial charge is 0.251 e. The molecule has 1 amide bonds. The van der Waals surface area contributed by atoms with Crippen molar-refractivity contribution in [2.24, 2.45) is 13.0 Å². The minimum atomic E-state index is -0.560. The van der Waals surface area contributed by atoms with Gasteiger partial charge in [-0.1, -0.05) is 0 Å². The first-order valence-electron chi connectivity index (χ1n) is 8.29. The second-order valence-corrected chi connectivity index (χ2v) is 6.15. The third kappa shape index (κ3) is 3.82. The fourth-order valence-electron chi connectivity index (χ4n) is 3.15. The zero-order valence-corrected chi connectivity index (χ0v) is 14.4. The number of benzene rings is 1. The summed E-state index contributed by atoms with van der Waals surface area (Å²) in [4.78, 5) is 17.1. The van der Waals surface area contributed by atoms with Crippen LogP contribution in [-0.4, -0.2) is 35.8 Å². The fraction of sp³-hybridized carbons (Fsp3) is 0.444. The van der Waals surface area contributed by atoms with Crippen molar-refractivity contribution in [1.82, 2.24) is 14.9 Å². The van der Waals surface area contributed by atoms with Gasteiger partial charge in [-0.2, -0.15) is 0 Å². The Morgan fingerprint density at radius 3 is 2.80 bits per heavy atom. The second-order valence-electron chi connectivity index (χ2n) is 6.15. The van der Waals surface area contributed by atoms with E-state index in [9.17, 15) is 9.18 Å². The molecule has 3 rings (SSSR count). The highest BCUT2D eigenvalue weighted by atomic mass is 19.1. The number of imidazole rings is 1.